The van der Waals surface area contributed by atoms with Gasteiger partial charge in [-0.1, -0.05) is 36.4 Å². The molecule has 2 heterocycles. The number of carbonyl (C=O) groups is 2. The largest absolute Gasteiger partial charge is 0.457 e. The Morgan fingerprint density at radius 1 is 1.05 bits per heavy atom. The van der Waals surface area contributed by atoms with Gasteiger partial charge < -0.3 is 36.9 Å². The summed E-state index contributed by atoms with van der Waals surface area (Å²) in [5.41, 5.74) is 20.6. The van der Waals surface area contributed by atoms with Gasteiger partial charge in [0.15, 0.2) is 5.78 Å². The molecule has 212 valence electrons. The number of ketones is 1. The molecule has 1 aliphatic heterocycles. The van der Waals surface area contributed by atoms with Gasteiger partial charge in [0.25, 0.3) is 5.91 Å². The average molecular weight is 572 g/mol. The third-order valence-corrected chi connectivity index (χ3v) is 9.32. The minimum Gasteiger partial charge on any atom is -0.457 e. The number of nitrogens with one attached hydrogen (secondary N) is 1. The second-order valence-corrected chi connectivity index (χ2v) is 11.8. The molecule has 7 N–H and O–H groups in total. The summed E-state index contributed by atoms with van der Waals surface area (Å²) in [6, 6.07) is 18.8. The van der Waals surface area contributed by atoms with Crippen molar-refractivity contribution in [1.29, 1.82) is 0 Å². The fourth-order valence-electron chi connectivity index (χ4n) is 6.05. The highest BCUT2D eigenvalue weighted by molar-refractivity contribution is 7.21. The Kier molecular flexibility index (Phi) is 7.04. The maximum atomic E-state index is 14.0. The van der Waals surface area contributed by atoms with Crippen LogP contribution in [-0.4, -0.2) is 56.0 Å². The number of para-hydroxylation sites is 1. The van der Waals surface area contributed by atoms with Crippen LogP contribution in [0, 0.1) is 0 Å². The summed E-state index contributed by atoms with van der Waals surface area (Å²) in [6.07, 6.45) is 0.717. The highest BCUT2D eigenvalue weighted by Crippen LogP contribution is 2.49. The van der Waals surface area contributed by atoms with Gasteiger partial charge in [0.1, 0.15) is 17.0 Å². The van der Waals surface area contributed by atoms with Gasteiger partial charge in [-0.15, -0.1) is 11.3 Å². The van der Waals surface area contributed by atoms with Crippen molar-refractivity contribution in [1.82, 2.24) is 10.2 Å². The maximum absolute atomic E-state index is 14.0. The molecule has 6 rings (SSSR count). The fraction of sp³-hybridized carbons (Fsp3) is 0.290. The number of hydrogen-bond acceptors (Lipinski definition) is 9. The second-order valence-electron chi connectivity index (χ2n) is 10.8. The topological polar surface area (TPSA) is 146 Å². The van der Waals surface area contributed by atoms with Crippen molar-refractivity contribution in [3.8, 4) is 11.5 Å². The van der Waals surface area contributed by atoms with E-state index in [2.05, 4.69) is 10.2 Å². The molecule has 1 saturated heterocycles. The zero-order chi connectivity index (χ0) is 28.9. The van der Waals surface area contributed by atoms with E-state index in [-0.39, 0.29) is 18.1 Å². The van der Waals surface area contributed by atoms with E-state index in [0.29, 0.717) is 61.8 Å². The van der Waals surface area contributed by atoms with Gasteiger partial charge in [-0.3, -0.25) is 9.59 Å². The molecule has 2 aliphatic rings. The summed E-state index contributed by atoms with van der Waals surface area (Å²) >= 11 is 1.25. The number of thiophene rings is 1. The summed E-state index contributed by atoms with van der Waals surface area (Å²) in [6.45, 7) is 1.49. The number of Topliss-reactive ketones (excluding diaryl/α,β-unsaturated/α-hetero) is 1. The minimum atomic E-state index is -1.53. The molecule has 0 radical (unpaired) electrons. The smallest absolute Gasteiger partial charge is 0.262 e. The van der Waals surface area contributed by atoms with Crippen molar-refractivity contribution in [2.75, 3.05) is 33.0 Å². The van der Waals surface area contributed by atoms with Crippen LogP contribution in [0.15, 0.2) is 66.7 Å². The first-order chi connectivity index (χ1) is 19.7. The number of likely N-dealkylation sites (tertiary alicyclic amines) is 1. The van der Waals surface area contributed by atoms with Gasteiger partial charge in [-0.2, -0.15) is 0 Å². The Hall–Kier alpha value is -3.80. The van der Waals surface area contributed by atoms with Crippen molar-refractivity contribution >= 4 is 38.8 Å². The van der Waals surface area contributed by atoms with Crippen molar-refractivity contribution < 1.29 is 19.1 Å². The number of ether oxygens (including phenoxy) is 2. The number of rotatable bonds is 6. The lowest BCUT2D eigenvalue weighted by atomic mass is 9.70. The monoisotopic (exact) mass is 571 g/mol. The lowest BCUT2D eigenvalue weighted by Gasteiger charge is -2.37. The first kappa shape index (κ1) is 27.4. The zero-order valence-corrected chi connectivity index (χ0v) is 23.7. The molecule has 4 aromatic rings. The number of carbonyl (C=O) groups excluding carboxylic acids is 2. The number of piperidine rings is 1. The van der Waals surface area contributed by atoms with E-state index >= 15 is 0 Å². The highest BCUT2D eigenvalue weighted by atomic mass is 32.1. The van der Waals surface area contributed by atoms with Crippen LogP contribution in [0.1, 0.15) is 38.8 Å². The van der Waals surface area contributed by atoms with E-state index < -0.39 is 17.4 Å². The fourth-order valence-corrected chi connectivity index (χ4v) is 7.25. The summed E-state index contributed by atoms with van der Waals surface area (Å²) in [5, 5.41) is 3.82. The SMILES string of the molecule is CO[C@@H]1C[C@@H](NC(=O)c2sc3c(N)ccc4c3c2C(N)C(=O)C4(N)c2ccc(Oc3ccccc3)cc2)CN(C)C1. The summed E-state index contributed by atoms with van der Waals surface area (Å²) in [5.74, 6) is 0.636. The Morgan fingerprint density at radius 2 is 1.76 bits per heavy atom. The third-order valence-electron chi connectivity index (χ3n) is 8.07. The van der Waals surface area contributed by atoms with Gasteiger partial charge in [0.2, 0.25) is 0 Å². The van der Waals surface area contributed by atoms with Crippen LogP contribution >= 0.6 is 11.3 Å². The van der Waals surface area contributed by atoms with Crippen LogP contribution in [0.25, 0.3) is 10.1 Å². The quantitative estimate of drug-likeness (QED) is 0.257. The number of amides is 1. The normalized spacial score (nSPS) is 24.4. The number of nitrogens with zero attached hydrogens (tertiary/aromatic N) is 1. The molecule has 9 nitrogen and oxygen atoms in total. The average Bonchev–Trinajstić information content (AvgIpc) is 3.38. The maximum Gasteiger partial charge on any atom is 0.262 e. The number of nitrogens with two attached hydrogens (primary N) is 3. The first-order valence-electron chi connectivity index (χ1n) is 13.5. The molecule has 0 saturated carbocycles. The van der Waals surface area contributed by atoms with Gasteiger partial charge in [-0.25, -0.2) is 0 Å². The molecule has 2 unspecified atom stereocenters. The molecule has 41 heavy (non-hydrogen) atoms. The second kappa shape index (κ2) is 10.6. The zero-order valence-electron chi connectivity index (χ0n) is 22.9. The molecular weight excluding hydrogens is 538 g/mol. The van der Waals surface area contributed by atoms with Crippen molar-refractivity contribution in [3.63, 3.8) is 0 Å². The van der Waals surface area contributed by atoms with Crippen molar-refractivity contribution in [2.24, 2.45) is 11.5 Å². The first-order valence-corrected chi connectivity index (χ1v) is 14.3. The molecule has 3 aromatic carbocycles. The van der Waals surface area contributed by atoms with Crippen molar-refractivity contribution in [2.45, 2.75) is 30.1 Å². The lowest BCUT2D eigenvalue weighted by molar-refractivity contribution is -0.124. The van der Waals surface area contributed by atoms with E-state index in [9.17, 15) is 9.59 Å². The molecule has 1 aromatic heterocycles. The number of likely N-dealkylation sites (N-methyl/N-ethyl adjacent to an activating group) is 1. The van der Waals surface area contributed by atoms with E-state index in [1.165, 1.54) is 11.3 Å². The highest BCUT2D eigenvalue weighted by Gasteiger charge is 2.49. The standard InChI is InChI=1S/C31H33N5O4S/c1-36-15-18(14-21(16-36)39-2)35-30(38)28-25-24-22(12-13-23(32)27(24)41-28)31(34,29(37)26(25)33)17-8-10-20(11-9-17)40-19-6-4-3-5-7-19/h3-13,18,21,26H,14-16,32-34H2,1-2H3,(H,35,38)/t18-,21-,26?,31?/m1/s1. The molecular formula is C31H33N5O4S. The lowest BCUT2D eigenvalue weighted by Crippen LogP contribution is -2.53. The van der Waals surface area contributed by atoms with Gasteiger partial charge in [-0.05, 0) is 54.9 Å². The van der Waals surface area contributed by atoms with Crippen LogP contribution in [0.4, 0.5) is 5.69 Å². The minimum absolute atomic E-state index is 0.0215. The molecule has 0 bridgehead atoms. The van der Waals surface area contributed by atoms with Gasteiger partial charge >= 0.3 is 0 Å². The van der Waals surface area contributed by atoms with Crippen LogP contribution in [0.2, 0.25) is 0 Å². The molecule has 1 amide bonds. The Morgan fingerprint density at radius 3 is 2.46 bits per heavy atom. The van der Waals surface area contributed by atoms with E-state index in [1.54, 1.807) is 43.5 Å². The van der Waals surface area contributed by atoms with Crippen LogP contribution in [0.3, 0.4) is 0 Å². The third kappa shape index (κ3) is 4.67. The summed E-state index contributed by atoms with van der Waals surface area (Å²) in [4.78, 5) is 30.2. The number of hydrogen-bond donors (Lipinski definition) is 4. The molecule has 1 aliphatic carbocycles. The number of anilines is 1. The van der Waals surface area contributed by atoms with E-state index in [1.807, 2.05) is 37.4 Å². The predicted octanol–water partition coefficient (Wildman–Crippen LogP) is 3.51. The van der Waals surface area contributed by atoms with Crippen molar-refractivity contribution in [3.05, 3.63) is 88.3 Å². The molecule has 0 spiro atoms. The van der Waals surface area contributed by atoms with E-state index in [0.717, 1.165) is 6.54 Å². The van der Waals surface area contributed by atoms with Gasteiger partial charge in [0, 0.05) is 42.9 Å². The Bertz CT molecular complexity index is 1620. The van der Waals surface area contributed by atoms with E-state index in [4.69, 9.17) is 26.7 Å². The predicted molar refractivity (Wildman–Crippen MR) is 160 cm³/mol. The van der Waals surface area contributed by atoms with Gasteiger partial charge in [0.05, 0.1) is 21.7 Å². The molecule has 4 atom stereocenters. The Balaban J connectivity index is 1.38. The number of methoxy groups -OCH3 is 1. The van der Waals surface area contributed by atoms with Crippen LogP contribution in [0.5, 0.6) is 11.5 Å². The number of nitrogen functional groups attached to an aromatic ring is 1. The Labute approximate surface area is 242 Å². The molecule has 1 fully saturated rings. The molecule has 10 heteroatoms. The summed E-state index contributed by atoms with van der Waals surface area (Å²) in [7, 11) is 3.67. The van der Waals surface area contributed by atoms with Crippen LogP contribution < -0.4 is 27.3 Å². The summed E-state index contributed by atoms with van der Waals surface area (Å²) < 4.78 is 12.2. The van der Waals surface area contributed by atoms with Crippen LogP contribution in [-0.2, 0) is 15.1 Å². The number of benzene rings is 3.